The topological polar surface area (TPSA) is 81.2 Å². The molecule has 1 unspecified atom stereocenters. The number of carbonyl (C=O) groups excluding carboxylic acids is 3. The van der Waals surface area contributed by atoms with E-state index in [1.807, 2.05) is 52.3 Å². The number of thioether (sulfide) groups is 1. The Morgan fingerprint density at radius 2 is 1.76 bits per heavy atom. The number of rotatable bonds is 8. The summed E-state index contributed by atoms with van der Waals surface area (Å²) in [6.45, 7) is 8.03. The molecule has 0 radical (unpaired) electrons. The third-order valence-electron chi connectivity index (χ3n) is 8.32. The van der Waals surface area contributed by atoms with Crippen LogP contribution in [0.1, 0.15) is 39.2 Å². The maximum Gasteiger partial charge on any atom is 0.247 e. The van der Waals surface area contributed by atoms with Crippen LogP contribution in [0.25, 0.3) is 0 Å². The molecule has 4 aliphatic heterocycles. The second-order valence-electron chi connectivity index (χ2n) is 11.4. The van der Waals surface area contributed by atoms with E-state index in [9.17, 15) is 19.5 Å². The van der Waals surface area contributed by atoms with Crippen molar-refractivity contribution in [3.05, 3.63) is 60.2 Å². The summed E-state index contributed by atoms with van der Waals surface area (Å²) in [7, 11) is 0. The molecule has 2 saturated heterocycles. The Balaban J connectivity index is 1.59. The highest BCUT2D eigenvalue weighted by Gasteiger charge is 2.71. The first-order valence-electron chi connectivity index (χ1n) is 13.9. The molecule has 3 amide bonds. The molecule has 0 aliphatic carbocycles. The molecule has 204 valence electrons. The first-order chi connectivity index (χ1) is 18.3. The molecule has 0 saturated carbocycles. The average molecular weight is 538 g/mol. The number of hydrogen-bond donors (Lipinski definition) is 1. The van der Waals surface area contributed by atoms with E-state index < -0.39 is 28.7 Å². The molecule has 4 aliphatic rings. The van der Waals surface area contributed by atoms with Gasteiger partial charge < -0.3 is 19.8 Å². The van der Waals surface area contributed by atoms with Gasteiger partial charge in [-0.1, -0.05) is 75.4 Å². The summed E-state index contributed by atoms with van der Waals surface area (Å²) in [6, 6.07) is 8.63. The molecule has 5 rings (SSSR count). The monoisotopic (exact) mass is 537 g/mol. The highest BCUT2D eigenvalue weighted by molar-refractivity contribution is 8.02. The Bertz CT molecular complexity index is 1120. The van der Waals surface area contributed by atoms with Crippen molar-refractivity contribution in [1.82, 2.24) is 14.7 Å². The van der Waals surface area contributed by atoms with Crippen molar-refractivity contribution in [3.8, 4) is 0 Å². The number of amides is 3. The first kappa shape index (κ1) is 27.0. The number of hydrogen-bond acceptors (Lipinski definition) is 5. The lowest BCUT2D eigenvalue weighted by Gasteiger charge is -2.39. The molecule has 0 bridgehead atoms. The summed E-state index contributed by atoms with van der Waals surface area (Å²) >= 11 is 1.60. The second-order valence-corrected chi connectivity index (χ2v) is 12.9. The van der Waals surface area contributed by atoms with Gasteiger partial charge in [0.2, 0.25) is 17.7 Å². The SMILES string of the molecule is CCCN1CC=C[C@@H]2S[C@]34C=CCN(Cc5ccccc5)C(=O)C3N([C@@H](CO)CC(C)C)C(=O)[C@@H]4[C@@H]2C1=O. The van der Waals surface area contributed by atoms with Crippen molar-refractivity contribution >= 4 is 29.5 Å². The quantitative estimate of drug-likeness (QED) is 0.516. The van der Waals surface area contributed by atoms with Crippen molar-refractivity contribution in [2.24, 2.45) is 17.8 Å². The Labute approximate surface area is 229 Å². The van der Waals surface area contributed by atoms with Crippen LogP contribution < -0.4 is 0 Å². The van der Waals surface area contributed by atoms with Crippen molar-refractivity contribution in [3.63, 3.8) is 0 Å². The van der Waals surface area contributed by atoms with Gasteiger partial charge in [0.1, 0.15) is 6.04 Å². The molecule has 1 spiro atoms. The maximum absolute atomic E-state index is 14.4. The van der Waals surface area contributed by atoms with Gasteiger partial charge in [-0.25, -0.2) is 0 Å². The minimum absolute atomic E-state index is 0.000760. The lowest BCUT2D eigenvalue weighted by molar-refractivity contribution is -0.147. The Hall–Kier alpha value is -2.58. The summed E-state index contributed by atoms with van der Waals surface area (Å²) in [5, 5.41) is 10.3. The minimum Gasteiger partial charge on any atom is -0.394 e. The summed E-state index contributed by atoms with van der Waals surface area (Å²) in [5.74, 6) is -1.22. The van der Waals surface area contributed by atoms with Crippen LogP contribution >= 0.6 is 11.8 Å². The third-order valence-corrected chi connectivity index (χ3v) is 10.1. The van der Waals surface area contributed by atoms with Crippen LogP contribution in [0, 0.1) is 17.8 Å². The van der Waals surface area contributed by atoms with Crippen molar-refractivity contribution in [2.75, 3.05) is 26.2 Å². The van der Waals surface area contributed by atoms with E-state index in [0.29, 0.717) is 32.6 Å². The Kier molecular flexibility index (Phi) is 7.74. The smallest absolute Gasteiger partial charge is 0.247 e. The van der Waals surface area contributed by atoms with Crippen molar-refractivity contribution in [2.45, 2.75) is 62.2 Å². The second kappa shape index (κ2) is 10.9. The highest BCUT2D eigenvalue weighted by atomic mass is 32.2. The van der Waals surface area contributed by atoms with E-state index in [-0.39, 0.29) is 35.5 Å². The molecule has 7 nitrogen and oxygen atoms in total. The van der Waals surface area contributed by atoms with Crippen LogP contribution in [0.15, 0.2) is 54.6 Å². The molecule has 1 N–H and O–H groups in total. The molecule has 0 aromatic heterocycles. The predicted octanol–water partition coefficient (Wildman–Crippen LogP) is 3.10. The fraction of sp³-hybridized carbons (Fsp3) is 0.567. The lowest BCUT2D eigenvalue weighted by atomic mass is 9.78. The van der Waals surface area contributed by atoms with Gasteiger partial charge in [-0.15, -0.1) is 11.8 Å². The standard InChI is InChI=1S/C30H39N3O4S/c1-4-14-31-15-8-12-23-24(27(31)35)25-28(36)33(22(19-34)17-20(2)3)26-29(37)32(16-9-13-30(25,26)38-23)18-21-10-6-5-7-11-21/h5-13,20,22-26,34H,4,14-19H2,1-3H3/t22-,23+,24-,25+,26?,30+/m1/s1. The van der Waals surface area contributed by atoms with E-state index in [1.54, 1.807) is 16.7 Å². The van der Waals surface area contributed by atoms with Crippen LogP contribution in [-0.4, -0.2) is 85.8 Å². The lowest BCUT2D eigenvalue weighted by Crippen LogP contribution is -2.56. The average Bonchev–Trinajstić information content (AvgIpc) is 3.23. The largest absolute Gasteiger partial charge is 0.394 e. The van der Waals surface area contributed by atoms with Crippen molar-refractivity contribution < 1.29 is 19.5 Å². The fourth-order valence-corrected chi connectivity index (χ4v) is 8.80. The fourth-order valence-electron chi connectivity index (χ4n) is 6.81. The van der Waals surface area contributed by atoms with E-state index in [1.165, 1.54) is 0 Å². The molecule has 1 aromatic carbocycles. The van der Waals surface area contributed by atoms with Crippen LogP contribution in [0.5, 0.6) is 0 Å². The van der Waals surface area contributed by atoms with E-state index >= 15 is 0 Å². The van der Waals surface area contributed by atoms with Gasteiger partial charge in [-0.2, -0.15) is 0 Å². The molecule has 4 heterocycles. The minimum atomic E-state index is -0.853. The molecule has 38 heavy (non-hydrogen) atoms. The number of benzene rings is 1. The predicted molar refractivity (Wildman–Crippen MR) is 149 cm³/mol. The van der Waals surface area contributed by atoms with Crippen LogP contribution in [0.3, 0.4) is 0 Å². The van der Waals surface area contributed by atoms with Gasteiger partial charge in [-0.3, -0.25) is 14.4 Å². The molecule has 1 aromatic rings. The zero-order chi connectivity index (χ0) is 27.0. The molecular formula is C30H39N3O4S. The third kappa shape index (κ3) is 4.49. The molecular weight excluding hydrogens is 498 g/mol. The summed E-state index contributed by atoms with van der Waals surface area (Å²) < 4.78 is -0.853. The van der Waals surface area contributed by atoms with Gasteiger partial charge in [0, 0.05) is 31.4 Å². The molecule has 2 fully saturated rings. The van der Waals surface area contributed by atoms with Gasteiger partial charge in [0.15, 0.2) is 0 Å². The van der Waals surface area contributed by atoms with E-state index in [4.69, 9.17) is 0 Å². The van der Waals surface area contributed by atoms with E-state index in [0.717, 1.165) is 12.0 Å². The number of fused-ring (bicyclic) bond motifs is 2. The Morgan fingerprint density at radius 3 is 2.45 bits per heavy atom. The van der Waals surface area contributed by atoms with Gasteiger partial charge >= 0.3 is 0 Å². The van der Waals surface area contributed by atoms with Gasteiger partial charge in [0.05, 0.1) is 29.2 Å². The van der Waals surface area contributed by atoms with Crippen LogP contribution in [0.2, 0.25) is 0 Å². The van der Waals surface area contributed by atoms with Crippen molar-refractivity contribution in [1.29, 1.82) is 0 Å². The normalized spacial score (nSPS) is 31.4. The zero-order valence-corrected chi connectivity index (χ0v) is 23.3. The Morgan fingerprint density at radius 1 is 1.03 bits per heavy atom. The van der Waals surface area contributed by atoms with Crippen LogP contribution in [0.4, 0.5) is 0 Å². The number of carbonyl (C=O) groups is 3. The number of likely N-dealkylation sites (tertiary alicyclic amines) is 1. The van der Waals surface area contributed by atoms with E-state index in [2.05, 4.69) is 32.9 Å². The summed E-state index contributed by atoms with van der Waals surface area (Å²) in [5.41, 5.74) is 1.02. The highest BCUT2D eigenvalue weighted by Crippen LogP contribution is 2.61. The van der Waals surface area contributed by atoms with Crippen LogP contribution in [-0.2, 0) is 20.9 Å². The van der Waals surface area contributed by atoms with Gasteiger partial charge in [-0.05, 0) is 24.3 Å². The summed E-state index contributed by atoms with van der Waals surface area (Å²) in [4.78, 5) is 48.1. The summed E-state index contributed by atoms with van der Waals surface area (Å²) in [6.07, 6.45) is 9.61. The number of aliphatic hydroxyl groups excluding tert-OH is 1. The number of nitrogens with zero attached hydrogens (tertiary/aromatic N) is 3. The zero-order valence-electron chi connectivity index (χ0n) is 22.5. The van der Waals surface area contributed by atoms with Gasteiger partial charge in [0.25, 0.3) is 0 Å². The first-order valence-corrected chi connectivity index (χ1v) is 14.8. The maximum atomic E-state index is 14.4. The molecule has 6 atom stereocenters. The number of aliphatic hydroxyl groups is 1. The molecule has 8 heteroatoms.